The largest absolute Gasteiger partial charge is 0.465 e. The van der Waals surface area contributed by atoms with E-state index < -0.39 is 5.97 Å². The van der Waals surface area contributed by atoms with Gasteiger partial charge in [0.25, 0.3) is 0 Å². The van der Waals surface area contributed by atoms with E-state index in [2.05, 4.69) is 20.2 Å². The van der Waals surface area contributed by atoms with Crippen LogP contribution in [0.5, 0.6) is 0 Å². The Kier molecular flexibility index (Phi) is 5.75. The molecular weight excluding hydrogens is 370 g/mol. The highest BCUT2D eigenvalue weighted by Crippen LogP contribution is 2.27. The second-order valence-electron chi connectivity index (χ2n) is 6.07. The number of halogens is 1. The molecule has 1 aliphatic heterocycles. The molecule has 1 aliphatic rings. The highest BCUT2D eigenvalue weighted by Gasteiger charge is 2.20. The Morgan fingerprint density at radius 1 is 1.15 bits per heavy atom. The van der Waals surface area contributed by atoms with Gasteiger partial charge in [-0.2, -0.15) is 0 Å². The normalized spacial score (nSPS) is 14.0. The Balaban J connectivity index is 1.75. The van der Waals surface area contributed by atoms with Crippen molar-refractivity contribution in [2.75, 3.05) is 43.5 Å². The van der Waals surface area contributed by atoms with Gasteiger partial charge in [0.1, 0.15) is 18.0 Å². The molecule has 1 fully saturated rings. The summed E-state index contributed by atoms with van der Waals surface area (Å²) in [5.74, 6) is 0.954. The number of anilines is 3. The maximum atomic E-state index is 11.7. The zero-order chi connectivity index (χ0) is 19.4. The van der Waals surface area contributed by atoms with Gasteiger partial charge in [-0.15, -0.1) is 0 Å². The number of carbonyl (C=O) groups excluding carboxylic acids is 2. The number of ether oxygens (including phenoxy) is 1. The van der Waals surface area contributed by atoms with E-state index in [0.29, 0.717) is 48.3 Å². The third-order valence-corrected chi connectivity index (χ3v) is 4.68. The van der Waals surface area contributed by atoms with E-state index in [1.807, 2.05) is 11.0 Å². The summed E-state index contributed by atoms with van der Waals surface area (Å²) in [5, 5.41) is 3.57. The molecule has 0 bridgehead atoms. The van der Waals surface area contributed by atoms with Crippen molar-refractivity contribution in [1.29, 1.82) is 0 Å². The van der Waals surface area contributed by atoms with Crippen LogP contribution >= 0.6 is 11.6 Å². The van der Waals surface area contributed by atoms with Crippen molar-refractivity contribution in [3.05, 3.63) is 41.2 Å². The fraction of sp³-hybridized carbons (Fsp3) is 0.333. The zero-order valence-electron chi connectivity index (χ0n) is 15.1. The van der Waals surface area contributed by atoms with Crippen molar-refractivity contribution in [3.8, 4) is 0 Å². The third kappa shape index (κ3) is 4.46. The molecule has 0 aliphatic carbocycles. The first kappa shape index (κ1) is 18.9. The van der Waals surface area contributed by atoms with E-state index in [-0.39, 0.29) is 5.91 Å². The van der Waals surface area contributed by atoms with Crippen molar-refractivity contribution in [2.45, 2.75) is 6.92 Å². The first-order chi connectivity index (χ1) is 13.0. The molecular formula is C18H20ClN5O3. The van der Waals surface area contributed by atoms with Gasteiger partial charge in [-0.3, -0.25) is 4.79 Å². The third-order valence-electron chi connectivity index (χ3n) is 4.35. The number of carbonyl (C=O) groups is 2. The fourth-order valence-electron chi connectivity index (χ4n) is 2.84. The number of methoxy groups -OCH3 is 1. The minimum absolute atomic E-state index is 0.0832. The summed E-state index contributed by atoms with van der Waals surface area (Å²) in [7, 11) is 1.33. The van der Waals surface area contributed by atoms with Gasteiger partial charge in [0.05, 0.1) is 23.4 Å². The molecule has 1 aromatic heterocycles. The number of benzene rings is 1. The molecule has 8 nitrogen and oxygen atoms in total. The van der Waals surface area contributed by atoms with Crippen LogP contribution in [0.3, 0.4) is 0 Å². The van der Waals surface area contributed by atoms with Crippen LogP contribution in [0, 0.1) is 0 Å². The summed E-state index contributed by atoms with van der Waals surface area (Å²) in [6, 6.07) is 6.64. The van der Waals surface area contributed by atoms with Crippen molar-refractivity contribution in [1.82, 2.24) is 14.9 Å². The number of aromatic nitrogens is 2. The average molecular weight is 390 g/mol. The van der Waals surface area contributed by atoms with E-state index in [4.69, 9.17) is 16.3 Å². The van der Waals surface area contributed by atoms with Gasteiger partial charge in [0.15, 0.2) is 0 Å². The molecule has 9 heteroatoms. The molecule has 142 valence electrons. The molecule has 1 saturated heterocycles. The Morgan fingerprint density at radius 2 is 1.89 bits per heavy atom. The van der Waals surface area contributed by atoms with Gasteiger partial charge in [0, 0.05) is 39.2 Å². The first-order valence-electron chi connectivity index (χ1n) is 8.45. The zero-order valence-corrected chi connectivity index (χ0v) is 15.9. The summed E-state index contributed by atoms with van der Waals surface area (Å²) in [6.07, 6.45) is 1.47. The highest BCUT2D eigenvalue weighted by atomic mass is 35.5. The van der Waals surface area contributed by atoms with Gasteiger partial charge in [-0.1, -0.05) is 11.6 Å². The number of amides is 1. The van der Waals surface area contributed by atoms with E-state index >= 15 is 0 Å². The van der Waals surface area contributed by atoms with Crippen LogP contribution in [0.4, 0.5) is 17.3 Å². The minimum Gasteiger partial charge on any atom is -0.465 e. The predicted molar refractivity (Wildman–Crippen MR) is 103 cm³/mol. The van der Waals surface area contributed by atoms with Gasteiger partial charge < -0.3 is 19.9 Å². The van der Waals surface area contributed by atoms with Crippen LogP contribution in [0.1, 0.15) is 17.3 Å². The first-order valence-corrected chi connectivity index (χ1v) is 8.83. The smallest absolute Gasteiger partial charge is 0.337 e. The number of piperazine rings is 1. The summed E-state index contributed by atoms with van der Waals surface area (Å²) < 4.78 is 4.74. The summed E-state index contributed by atoms with van der Waals surface area (Å²) in [4.78, 5) is 35.6. The van der Waals surface area contributed by atoms with Crippen LogP contribution in [0.15, 0.2) is 30.6 Å². The molecule has 1 N–H and O–H groups in total. The summed E-state index contributed by atoms with van der Waals surface area (Å²) >= 11 is 6.22. The van der Waals surface area contributed by atoms with Crippen LogP contribution in [0.2, 0.25) is 5.02 Å². The minimum atomic E-state index is -0.443. The number of hydrogen-bond acceptors (Lipinski definition) is 7. The van der Waals surface area contributed by atoms with Crippen molar-refractivity contribution in [2.24, 2.45) is 0 Å². The number of nitrogens with zero attached hydrogens (tertiary/aromatic N) is 4. The van der Waals surface area contributed by atoms with Gasteiger partial charge in [-0.05, 0) is 18.2 Å². The predicted octanol–water partition coefficient (Wildman–Crippen LogP) is 2.33. The second kappa shape index (κ2) is 8.22. The lowest BCUT2D eigenvalue weighted by atomic mass is 10.2. The molecule has 0 unspecified atom stereocenters. The SMILES string of the molecule is COC(=O)c1ccc(Cl)c(Nc2cc(N3CCN(C(C)=O)CC3)ncn2)c1. The van der Waals surface area contributed by atoms with E-state index in [1.54, 1.807) is 25.1 Å². The number of rotatable bonds is 4. The van der Waals surface area contributed by atoms with Crippen LogP contribution < -0.4 is 10.2 Å². The monoisotopic (exact) mass is 389 g/mol. The number of nitrogens with one attached hydrogen (secondary N) is 1. The second-order valence-corrected chi connectivity index (χ2v) is 6.47. The maximum absolute atomic E-state index is 11.7. The standard InChI is InChI=1S/C18H20ClN5O3/c1-12(25)23-5-7-24(8-6-23)17-10-16(20-11-21-17)22-15-9-13(18(26)27-2)3-4-14(15)19/h3-4,9-11H,5-8H2,1-2H3,(H,20,21,22). The molecule has 0 atom stereocenters. The van der Waals surface area contributed by atoms with Gasteiger partial charge in [-0.25, -0.2) is 14.8 Å². The highest BCUT2D eigenvalue weighted by molar-refractivity contribution is 6.33. The molecule has 27 heavy (non-hydrogen) atoms. The quantitative estimate of drug-likeness (QED) is 0.803. The Bertz CT molecular complexity index is 853. The Hall–Kier alpha value is -2.87. The van der Waals surface area contributed by atoms with Crippen LogP contribution in [0.25, 0.3) is 0 Å². The molecule has 0 saturated carbocycles. The molecule has 2 aromatic rings. The van der Waals surface area contributed by atoms with Crippen LogP contribution in [-0.2, 0) is 9.53 Å². The average Bonchev–Trinajstić information content (AvgIpc) is 2.69. The van der Waals surface area contributed by atoms with Gasteiger partial charge in [0.2, 0.25) is 5.91 Å². The molecule has 0 radical (unpaired) electrons. The molecule has 1 amide bonds. The summed E-state index contributed by atoms with van der Waals surface area (Å²) in [6.45, 7) is 4.31. The molecule has 3 rings (SSSR count). The lowest BCUT2D eigenvalue weighted by Crippen LogP contribution is -2.48. The van der Waals surface area contributed by atoms with Crippen molar-refractivity contribution in [3.63, 3.8) is 0 Å². The van der Waals surface area contributed by atoms with Crippen molar-refractivity contribution >= 4 is 40.8 Å². The molecule has 0 spiro atoms. The maximum Gasteiger partial charge on any atom is 0.337 e. The fourth-order valence-corrected chi connectivity index (χ4v) is 3.01. The Labute approximate surface area is 162 Å². The molecule has 2 heterocycles. The topological polar surface area (TPSA) is 87.7 Å². The van der Waals surface area contributed by atoms with E-state index in [1.165, 1.54) is 13.4 Å². The number of esters is 1. The lowest BCUT2D eigenvalue weighted by Gasteiger charge is -2.34. The summed E-state index contributed by atoms with van der Waals surface area (Å²) in [5.41, 5.74) is 0.935. The van der Waals surface area contributed by atoms with Crippen LogP contribution in [-0.4, -0.2) is 60.0 Å². The lowest BCUT2D eigenvalue weighted by molar-refractivity contribution is -0.129. The molecule has 1 aromatic carbocycles. The van der Waals surface area contributed by atoms with E-state index in [0.717, 1.165) is 5.82 Å². The van der Waals surface area contributed by atoms with E-state index in [9.17, 15) is 9.59 Å². The van der Waals surface area contributed by atoms with Gasteiger partial charge >= 0.3 is 5.97 Å². The Morgan fingerprint density at radius 3 is 2.56 bits per heavy atom. The number of hydrogen-bond donors (Lipinski definition) is 1. The van der Waals surface area contributed by atoms with Crippen molar-refractivity contribution < 1.29 is 14.3 Å².